The van der Waals surface area contributed by atoms with Gasteiger partial charge in [-0.05, 0) is 62.6 Å². The van der Waals surface area contributed by atoms with Crippen LogP contribution < -0.4 is 5.73 Å². The van der Waals surface area contributed by atoms with Crippen molar-refractivity contribution < 1.29 is 0 Å². The largest absolute Gasteiger partial charge is 0.398 e. The summed E-state index contributed by atoms with van der Waals surface area (Å²) in [6.45, 7) is 28.5. The van der Waals surface area contributed by atoms with E-state index in [1.54, 1.807) is 0 Å². The van der Waals surface area contributed by atoms with E-state index in [4.69, 9.17) is 5.73 Å². The predicted molar refractivity (Wildman–Crippen MR) is 198 cm³/mol. The lowest BCUT2D eigenvalue weighted by Gasteiger charge is -2.38. The van der Waals surface area contributed by atoms with Gasteiger partial charge in [-0.1, -0.05) is 143 Å². The van der Waals surface area contributed by atoms with Crippen LogP contribution in [0.5, 0.6) is 0 Å². The van der Waals surface area contributed by atoms with Gasteiger partial charge in [0.05, 0.1) is 0 Å². The first-order chi connectivity index (χ1) is 20.2. The molecule has 1 nitrogen and oxygen atoms in total. The lowest BCUT2D eigenvalue weighted by molar-refractivity contribution is 0.838. The molecule has 0 saturated carbocycles. The third-order valence-corrected chi connectivity index (χ3v) is 22.6. The third kappa shape index (κ3) is 6.90. The highest BCUT2D eigenvalue weighted by atomic mass is 28.3. The topological polar surface area (TPSA) is 26.0 Å². The fourth-order valence-electron chi connectivity index (χ4n) is 7.87. The second-order valence-corrected chi connectivity index (χ2v) is 25.4. The van der Waals surface area contributed by atoms with Gasteiger partial charge in [-0.15, -0.1) is 11.1 Å². The zero-order valence-corrected chi connectivity index (χ0v) is 30.9. The molecule has 3 heteroatoms. The molecule has 3 rings (SSSR count). The van der Waals surface area contributed by atoms with Gasteiger partial charge in [-0.2, -0.15) is 0 Å². The Bertz CT molecular complexity index is 1390. The molecule has 228 valence electrons. The summed E-state index contributed by atoms with van der Waals surface area (Å²) < 4.78 is 0. The fourth-order valence-corrected chi connectivity index (χ4v) is 18.3. The number of para-hydroxylation sites is 1. The fraction of sp³-hybridized carbons (Fsp3) is 0.450. The SMILES string of the molecule is CC(C)[Si](C#Cc1cc(-c2ccccc2)cc(C#C[Si](C(C)C)(C(C)C)C(C)C)c1-c1ccccc1N)(C(C)C)C(C)C. The van der Waals surface area contributed by atoms with Crippen LogP contribution in [0, 0.1) is 22.9 Å². The Balaban J connectivity index is 2.54. The third-order valence-electron chi connectivity index (χ3n) is 10.0. The van der Waals surface area contributed by atoms with Crippen LogP contribution in [0.1, 0.15) is 94.2 Å². The molecule has 0 unspecified atom stereocenters. The molecule has 0 amide bonds. The summed E-state index contributed by atoms with van der Waals surface area (Å²) in [5.74, 6) is 7.68. The molecule has 0 radical (unpaired) electrons. The van der Waals surface area contributed by atoms with Crippen molar-refractivity contribution in [3.8, 4) is 45.2 Å². The molecule has 0 aliphatic heterocycles. The van der Waals surface area contributed by atoms with Crippen molar-refractivity contribution in [3.63, 3.8) is 0 Å². The van der Waals surface area contributed by atoms with E-state index in [9.17, 15) is 0 Å². The normalized spacial score (nSPS) is 12.2. The Labute approximate surface area is 266 Å². The molecule has 0 aliphatic carbocycles. The summed E-state index contributed by atoms with van der Waals surface area (Å²) in [5.41, 5.74) is 25.3. The van der Waals surface area contributed by atoms with Gasteiger partial charge in [-0.3, -0.25) is 0 Å². The zero-order valence-electron chi connectivity index (χ0n) is 28.9. The molecule has 0 fully saturated rings. The van der Waals surface area contributed by atoms with Gasteiger partial charge in [0.15, 0.2) is 0 Å². The van der Waals surface area contributed by atoms with Crippen LogP contribution in [0.2, 0.25) is 33.2 Å². The molecule has 0 aromatic heterocycles. The van der Waals surface area contributed by atoms with E-state index in [-0.39, 0.29) is 0 Å². The van der Waals surface area contributed by atoms with Gasteiger partial charge < -0.3 is 5.73 Å². The van der Waals surface area contributed by atoms with E-state index in [2.05, 4.69) is 161 Å². The molecule has 0 heterocycles. The van der Waals surface area contributed by atoms with Crippen molar-refractivity contribution in [2.75, 3.05) is 5.73 Å². The molecular weight excluding hydrogens is 551 g/mol. The molecule has 0 bridgehead atoms. The average Bonchev–Trinajstić information content (AvgIpc) is 2.93. The van der Waals surface area contributed by atoms with Crippen molar-refractivity contribution in [1.29, 1.82) is 0 Å². The van der Waals surface area contributed by atoms with Crippen molar-refractivity contribution >= 4 is 21.8 Å². The van der Waals surface area contributed by atoms with Gasteiger partial charge in [0, 0.05) is 27.9 Å². The molecule has 3 aromatic carbocycles. The summed E-state index contributed by atoms with van der Waals surface area (Å²) in [4.78, 5) is 0. The maximum atomic E-state index is 6.71. The molecule has 0 aliphatic rings. The number of anilines is 1. The highest BCUT2D eigenvalue weighted by Gasteiger charge is 2.42. The average molecular weight is 606 g/mol. The molecule has 2 N–H and O–H groups in total. The summed E-state index contributed by atoms with van der Waals surface area (Å²) in [7, 11) is -3.95. The van der Waals surface area contributed by atoms with Gasteiger partial charge >= 0.3 is 0 Å². The van der Waals surface area contributed by atoms with Crippen LogP contribution in [0.15, 0.2) is 66.7 Å². The number of benzene rings is 3. The Kier molecular flexibility index (Phi) is 11.4. The minimum Gasteiger partial charge on any atom is -0.398 e. The first kappa shape index (κ1) is 34.5. The zero-order chi connectivity index (χ0) is 32.1. The minimum absolute atomic E-state index is 0.552. The van der Waals surface area contributed by atoms with Crippen molar-refractivity contribution in [3.05, 3.63) is 77.9 Å². The van der Waals surface area contributed by atoms with Gasteiger partial charge in [0.25, 0.3) is 0 Å². The van der Waals surface area contributed by atoms with E-state index in [0.29, 0.717) is 33.2 Å². The molecule has 0 atom stereocenters. The number of rotatable bonds is 8. The Hall–Kier alpha value is -2.99. The smallest absolute Gasteiger partial charge is 0.146 e. The molecule has 43 heavy (non-hydrogen) atoms. The molecular formula is C40H55NSi2. The van der Waals surface area contributed by atoms with Gasteiger partial charge in [-0.25, -0.2) is 0 Å². The van der Waals surface area contributed by atoms with E-state index < -0.39 is 16.1 Å². The van der Waals surface area contributed by atoms with Crippen molar-refractivity contribution in [2.24, 2.45) is 0 Å². The summed E-state index contributed by atoms with van der Waals surface area (Å²) in [5, 5.41) is 0. The Morgan fingerprint density at radius 3 is 1.23 bits per heavy atom. The maximum absolute atomic E-state index is 6.71. The van der Waals surface area contributed by atoms with Gasteiger partial charge in [0.1, 0.15) is 16.1 Å². The minimum atomic E-state index is -1.98. The molecule has 0 spiro atoms. The second kappa shape index (κ2) is 14.2. The molecule has 0 saturated heterocycles. The van der Waals surface area contributed by atoms with Gasteiger partial charge in [0.2, 0.25) is 0 Å². The van der Waals surface area contributed by atoms with Crippen LogP contribution in [0.4, 0.5) is 5.69 Å². The Morgan fingerprint density at radius 1 is 0.488 bits per heavy atom. The summed E-state index contributed by atoms with van der Waals surface area (Å²) >= 11 is 0. The highest BCUT2D eigenvalue weighted by Crippen LogP contribution is 2.43. The van der Waals surface area contributed by atoms with Crippen molar-refractivity contribution in [2.45, 2.75) is 116 Å². The number of hydrogen-bond donors (Lipinski definition) is 1. The number of nitrogen functional groups attached to an aromatic ring is 1. The quantitative estimate of drug-likeness (QED) is 0.154. The van der Waals surface area contributed by atoms with Crippen LogP contribution in [-0.2, 0) is 0 Å². The summed E-state index contributed by atoms with van der Waals surface area (Å²) in [6.07, 6.45) is 0. The second-order valence-electron chi connectivity index (χ2n) is 14.2. The molecule has 3 aromatic rings. The van der Waals surface area contributed by atoms with E-state index >= 15 is 0 Å². The van der Waals surface area contributed by atoms with E-state index in [1.165, 1.54) is 5.56 Å². The summed E-state index contributed by atoms with van der Waals surface area (Å²) in [6, 6.07) is 23.5. The standard InChI is InChI=1S/C40H55NSi2/c1-28(2)42(29(3)4,30(5)6)24-22-35-26-37(34-18-14-13-15-19-34)27-36(40(35)38-20-16-17-21-39(38)41)23-25-43(31(7)8,32(9)10)33(11)12/h13-21,26-33H,41H2,1-12H3. The van der Waals surface area contributed by atoms with Crippen molar-refractivity contribution in [1.82, 2.24) is 0 Å². The van der Waals surface area contributed by atoms with Crippen LogP contribution in [0.3, 0.4) is 0 Å². The predicted octanol–water partition coefficient (Wildman–Crippen LogP) is 11.7. The lowest BCUT2D eigenvalue weighted by atomic mass is 9.90. The highest BCUT2D eigenvalue weighted by molar-refractivity contribution is 6.91. The maximum Gasteiger partial charge on any atom is 0.146 e. The number of nitrogens with two attached hydrogens (primary N) is 1. The van der Waals surface area contributed by atoms with Crippen LogP contribution in [0.25, 0.3) is 22.3 Å². The van der Waals surface area contributed by atoms with E-state index in [0.717, 1.165) is 33.5 Å². The first-order valence-electron chi connectivity index (χ1n) is 16.3. The van der Waals surface area contributed by atoms with E-state index in [1.807, 2.05) is 12.1 Å². The monoisotopic (exact) mass is 605 g/mol. The van der Waals surface area contributed by atoms with Crippen LogP contribution >= 0.6 is 0 Å². The number of hydrogen-bond acceptors (Lipinski definition) is 1. The lowest BCUT2D eigenvalue weighted by Crippen LogP contribution is -2.43. The first-order valence-corrected chi connectivity index (χ1v) is 20.8. The van der Waals surface area contributed by atoms with Crippen LogP contribution in [-0.4, -0.2) is 16.1 Å². The Morgan fingerprint density at radius 2 is 0.860 bits per heavy atom.